The molecule has 94 valence electrons. The Balaban J connectivity index is 3.19. The van der Waals surface area contributed by atoms with Gasteiger partial charge in [-0.3, -0.25) is 9.59 Å². The zero-order valence-electron chi connectivity index (χ0n) is 7.97. The van der Waals surface area contributed by atoms with Crippen LogP contribution in [0.3, 0.4) is 0 Å². The van der Waals surface area contributed by atoms with E-state index in [1.807, 2.05) is 4.98 Å². The third-order valence-corrected chi connectivity index (χ3v) is 2.83. The molecule has 2 N–H and O–H groups in total. The molecule has 1 heterocycles. The number of pyridine rings is 1. The molecule has 0 atom stereocenters. The molecule has 1 aromatic heterocycles. The maximum Gasteiger partial charge on any atom is 0.573 e. The Morgan fingerprint density at radius 1 is 1.53 bits per heavy atom. The zero-order chi connectivity index (χ0) is 13.2. The number of aromatic nitrogens is 1. The number of aliphatic carboxylic acids is 1. The number of carboxylic acids is 1. The van der Waals surface area contributed by atoms with Crippen molar-refractivity contribution >= 4 is 28.6 Å². The van der Waals surface area contributed by atoms with Gasteiger partial charge in [0.05, 0.1) is 9.99 Å². The summed E-state index contributed by atoms with van der Waals surface area (Å²) in [5.41, 5.74) is -1.04. The molecule has 1 aromatic rings. The van der Waals surface area contributed by atoms with E-state index in [9.17, 15) is 22.8 Å². The number of ether oxygens (including phenoxy) is 1. The summed E-state index contributed by atoms with van der Waals surface area (Å²) in [6.07, 6.45) is -4.84. The lowest BCUT2D eigenvalue weighted by Gasteiger charge is -2.11. The fraction of sp³-hybridized carbons (Fsp3) is 0.250. The van der Waals surface area contributed by atoms with Gasteiger partial charge >= 0.3 is 12.3 Å². The van der Waals surface area contributed by atoms with E-state index in [-0.39, 0.29) is 9.13 Å². The fourth-order valence-corrected chi connectivity index (χ4v) is 1.74. The van der Waals surface area contributed by atoms with Crippen LogP contribution in [-0.2, 0) is 11.2 Å². The highest BCUT2D eigenvalue weighted by Gasteiger charge is 2.32. The number of carbonyl (C=O) groups is 1. The minimum absolute atomic E-state index is 0.175. The van der Waals surface area contributed by atoms with Crippen molar-refractivity contribution in [1.82, 2.24) is 4.98 Å². The van der Waals surface area contributed by atoms with E-state index in [1.165, 1.54) is 22.6 Å². The average molecular weight is 363 g/mol. The van der Waals surface area contributed by atoms with Gasteiger partial charge in [-0.15, -0.1) is 13.2 Å². The Morgan fingerprint density at radius 3 is 2.59 bits per heavy atom. The number of hydrogen-bond donors (Lipinski definition) is 2. The van der Waals surface area contributed by atoms with E-state index in [2.05, 4.69) is 4.74 Å². The quantitative estimate of drug-likeness (QED) is 0.798. The van der Waals surface area contributed by atoms with Crippen LogP contribution in [0.4, 0.5) is 13.2 Å². The lowest BCUT2D eigenvalue weighted by molar-refractivity contribution is -0.275. The van der Waals surface area contributed by atoms with Gasteiger partial charge in [0.15, 0.2) is 5.75 Å². The normalized spacial score (nSPS) is 11.3. The van der Waals surface area contributed by atoms with E-state index in [4.69, 9.17) is 5.11 Å². The Hall–Kier alpha value is -1.26. The van der Waals surface area contributed by atoms with Crippen LogP contribution in [-0.4, -0.2) is 22.4 Å². The second kappa shape index (κ2) is 4.94. The predicted octanol–water partition coefficient (Wildman–Crippen LogP) is 1.51. The van der Waals surface area contributed by atoms with Crippen molar-refractivity contribution in [2.24, 2.45) is 0 Å². The van der Waals surface area contributed by atoms with Crippen molar-refractivity contribution in [3.05, 3.63) is 25.7 Å². The summed E-state index contributed by atoms with van der Waals surface area (Å²) >= 11 is 1.43. The molecule has 0 aliphatic heterocycles. The monoisotopic (exact) mass is 363 g/mol. The number of aromatic amines is 1. The average Bonchev–Trinajstić information content (AvgIpc) is 2.15. The summed E-state index contributed by atoms with van der Waals surface area (Å²) in [4.78, 5) is 23.7. The summed E-state index contributed by atoms with van der Waals surface area (Å²) in [5, 5.41) is 8.52. The van der Waals surface area contributed by atoms with Gasteiger partial charge in [-0.2, -0.15) is 0 Å². The molecule has 1 rings (SSSR count). The lowest BCUT2D eigenvalue weighted by Crippen LogP contribution is -2.22. The summed E-state index contributed by atoms with van der Waals surface area (Å²) in [7, 11) is 0. The van der Waals surface area contributed by atoms with E-state index in [0.717, 1.165) is 6.20 Å². The van der Waals surface area contributed by atoms with Gasteiger partial charge in [0, 0.05) is 11.8 Å². The topological polar surface area (TPSA) is 79.4 Å². The molecule has 0 radical (unpaired) electrons. The van der Waals surface area contributed by atoms with Crippen molar-refractivity contribution in [3.63, 3.8) is 0 Å². The number of hydrogen-bond acceptors (Lipinski definition) is 3. The van der Waals surface area contributed by atoms with E-state index < -0.39 is 30.1 Å². The highest BCUT2D eigenvalue weighted by molar-refractivity contribution is 14.1. The van der Waals surface area contributed by atoms with Gasteiger partial charge in [0.2, 0.25) is 0 Å². The summed E-state index contributed by atoms with van der Waals surface area (Å²) in [6, 6.07) is 0. The molecule has 5 nitrogen and oxygen atoms in total. The second-order valence-electron chi connectivity index (χ2n) is 2.89. The summed E-state index contributed by atoms with van der Waals surface area (Å²) in [6.45, 7) is 0. The number of halogens is 4. The van der Waals surface area contributed by atoms with Gasteiger partial charge in [-0.1, -0.05) is 0 Å². The van der Waals surface area contributed by atoms with Crippen LogP contribution in [0.25, 0.3) is 0 Å². The number of H-pyrrole nitrogens is 1. The van der Waals surface area contributed by atoms with Crippen LogP contribution < -0.4 is 10.3 Å². The standard InChI is InChI=1S/C8H5F3INO4/c9-8(10,11)17-4-2-13-7(16)3(6(4)12)1-5(14)15/h2H,1H2,(H,13,16)(H,14,15). The van der Waals surface area contributed by atoms with Crippen LogP contribution in [0.15, 0.2) is 11.0 Å². The molecule has 0 aromatic carbocycles. The molecular formula is C8H5F3INO4. The number of nitrogens with one attached hydrogen (secondary N) is 1. The Morgan fingerprint density at radius 2 is 2.12 bits per heavy atom. The molecule has 17 heavy (non-hydrogen) atoms. The fourth-order valence-electron chi connectivity index (χ4n) is 1.04. The van der Waals surface area contributed by atoms with Crippen molar-refractivity contribution in [2.45, 2.75) is 12.8 Å². The van der Waals surface area contributed by atoms with E-state index in [0.29, 0.717) is 0 Å². The van der Waals surface area contributed by atoms with Gasteiger partial charge in [-0.05, 0) is 22.6 Å². The third kappa shape index (κ3) is 3.91. The maximum atomic E-state index is 12.0. The third-order valence-electron chi connectivity index (χ3n) is 1.64. The van der Waals surface area contributed by atoms with Crippen LogP contribution in [0.2, 0.25) is 0 Å². The summed E-state index contributed by atoms with van der Waals surface area (Å²) < 4.78 is 39.4. The first-order valence-corrected chi connectivity index (χ1v) is 5.16. The van der Waals surface area contributed by atoms with Crippen LogP contribution in [0.1, 0.15) is 5.56 Å². The molecule has 0 saturated heterocycles. The first-order chi connectivity index (χ1) is 7.70. The molecule has 9 heteroatoms. The van der Waals surface area contributed by atoms with Crippen molar-refractivity contribution in [2.75, 3.05) is 0 Å². The van der Waals surface area contributed by atoms with Gasteiger partial charge in [0.1, 0.15) is 0 Å². The second-order valence-corrected chi connectivity index (χ2v) is 3.97. The molecule has 0 saturated carbocycles. The highest BCUT2D eigenvalue weighted by atomic mass is 127. The van der Waals surface area contributed by atoms with Gasteiger partial charge in [-0.25, -0.2) is 0 Å². The van der Waals surface area contributed by atoms with Gasteiger partial charge in [0.25, 0.3) is 5.56 Å². The molecule has 0 amide bonds. The molecule has 0 aliphatic carbocycles. The van der Waals surface area contributed by atoms with Crippen LogP contribution in [0.5, 0.6) is 5.75 Å². The SMILES string of the molecule is O=C(O)Cc1c(I)c(OC(F)(F)F)c[nH]c1=O. The highest BCUT2D eigenvalue weighted by Crippen LogP contribution is 2.27. The van der Waals surface area contributed by atoms with Crippen molar-refractivity contribution < 1.29 is 27.8 Å². The molecule has 0 fully saturated rings. The molecule has 0 spiro atoms. The Kier molecular flexibility index (Phi) is 4.01. The first kappa shape index (κ1) is 13.8. The first-order valence-electron chi connectivity index (χ1n) is 4.08. The van der Waals surface area contributed by atoms with Gasteiger partial charge < -0.3 is 14.8 Å². The molecule has 0 bridgehead atoms. The number of alkyl halides is 3. The minimum Gasteiger partial charge on any atom is -0.481 e. The van der Waals surface area contributed by atoms with E-state index in [1.54, 1.807) is 0 Å². The Bertz CT molecular complexity index is 497. The molecule has 0 aliphatic rings. The molecule has 0 unspecified atom stereocenters. The van der Waals surface area contributed by atoms with Crippen LogP contribution in [0, 0.1) is 3.57 Å². The maximum absolute atomic E-state index is 12.0. The number of carboxylic acid groups (broad SMARTS) is 1. The van der Waals surface area contributed by atoms with E-state index >= 15 is 0 Å². The minimum atomic E-state index is -4.90. The Labute approximate surface area is 106 Å². The molecular weight excluding hydrogens is 358 g/mol. The number of rotatable bonds is 3. The van der Waals surface area contributed by atoms with Crippen molar-refractivity contribution in [3.8, 4) is 5.75 Å². The largest absolute Gasteiger partial charge is 0.573 e. The summed E-state index contributed by atoms with van der Waals surface area (Å²) in [5.74, 6) is -1.95. The lowest BCUT2D eigenvalue weighted by atomic mass is 10.2. The predicted molar refractivity (Wildman–Crippen MR) is 57.8 cm³/mol. The smallest absolute Gasteiger partial charge is 0.481 e. The zero-order valence-corrected chi connectivity index (χ0v) is 10.1. The van der Waals surface area contributed by atoms with Crippen LogP contribution >= 0.6 is 22.6 Å². The van der Waals surface area contributed by atoms with Crippen molar-refractivity contribution in [1.29, 1.82) is 0 Å².